The number of unbranched alkanes of at least 4 members (excludes halogenated alkanes) is 2. The molecule has 0 saturated heterocycles. The molecule has 0 aromatic carbocycles. The fourth-order valence-electron chi connectivity index (χ4n) is 5.89. The molecule has 1 saturated carbocycles. The Balaban J connectivity index is 1.81. The van der Waals surface area contributed by atoms with E-state index in [1.807, 2.05) is 57.2 Å². The lowest BCUT2D eigenvalue weighted by Gasteiger charge is -2.43. The molecule has 2 heterocycles. The summed E-state index contributed by atoms with van der Waals surface area (Å²) in [6.45, 7) is 14.3. The smallest absolute Gasteiger partial charge is 0.291 e. The summed E-state index contributed by atoms with van der Waals surface area (Å²) < 4.78 is 7.81. The Labute approximate surface area is 229 Å². The first-order chi connectivity index (χ1) is 17.9. The van der Waals surface area contributed by atoms with Crippen molar-refractivity contribution in [1.29, 1.82) is 0 Å². The number of rotatable bonds is 12. The molecule has 0 amide bonds. The monoisotopic (exact) mass is 526 g/mol. The summed E-state index contributed by atoms with van der Waals surface area (Å²) in [6.07, 6.45) is 16.0. The number of hydrogen-bond donors (Lipinski definition) is 0. The Morgan fingerprint density at radius 3 is 1.58 bits per heavy atom. The van der Waals surface area contributed by atoms with E-state index in [4.69, 9.17) is 9.98 Å². The molecule has 212 valence electrons. The van der Waals surface area contributed by atoms with E-state index in [1.165, 1.54) is 0 Å². The van der Waals surface area contributed by atoms with Crippen molar-refractivity contribution in [1.82, 2.24) is 9.13 Å². The maximum absolute atomic E-state index is 13.4. The van der Waals surface area contributed by atoms with Crippen molar-refractivity contribution in [3.05, 3.63) is 36.4 Å². The number of aromatic nitrogens is 4. The Hall–Kier alpha value is -2.64. The molecule has 38 heavy (non-hydrogen) atoms. The summed E-state index contributed by atoms with van der Waals surface area (Å²) in [6, 6.07) is 0. The molecule has 1 aliphatic rings. The van der Waals surface area contributed by atoms with Crippen LogP contribution in [0.25, 0.3) is 0 Å². The molecule has 1 aliphatic carbocycles. The maximum Gasteiger partial charge on any atom is 0.291 e. The van der Waals surface area contributed by atoms with Crippen LogP contribution < -0.4 is 19.3 Å². The quantitative estimate of drug-likeness (QED) is 0.242. The standard InChI is InChI=1S/C30H50N6O2/c1-9-11-16-35-20-18-33(7)27(35)25(37)31-29(3,4)23-14-13-15-24(22-23)30(5,6)32-26(38)28-34(8)19-21-36(28)17-12-10-2/h18-21,23-24H,9-17,22H2,1-8H3. The Morgan fingerprint density at radius 1 is 0.816 bits per heavy atom. The second-order valence-electron chi connectivity index (χ2n) is 12.3. The van der Waals surface area contributed by atoms with Gasteiger partial charge in [0.15, 0.2) is 0 Å². The van der Waals surface area contributed by atoms with Gasteiger partial charge in [0.25, 0.3) is 11.6 Å². The third-order valence-electron chi connectivity index (χ3n) is 8.49. The molecule has 0 spiro atoms. The minimum Gasteiger partial charge on any atom is -0.853 e. The molecule has 0 bridgehead atoms. The van der Waals surface area contributed by atoms with E-state index < -0.39 is 11.1 Å². The zero-order valence-electron chi connectivity index (χ0n) is 25.0. The van der Waals surface area contributed by atoms with Crippen molar-refractivity contribution in [3.8, 4) is 0 Å². The van der Waals surface area contributed by atoms with Crippen molar-refractivity contribution in [2.24, 2.45) is 35.9 Å². The van der Waals surface area contributed by atoms with Crippen LogP contribution in [0.5, 0.6) is 0 Å². The van der Waals surface area contributed by atoms with Crippen molar-refractivity contribution in [2.45, 2.75) is 117 Å². The average Bonchev–Trinajstić information content (AvgIpc) is 3.42. The molecule has 8 nitrogen and oxygen atoms in total. The van der Waals surface area contributed by atoms with Gasteiger partial charge in [-0.3, -0.25) is 9.98 Å². The molecule has 8 heteroatoms. The van der Waals surface area contributed by atoms with Crippen LogP contribution in [0.15, 0.2) is 34.8 Å². The van der Waals surface area contributed by atoms with E-state index in [0.29, 0.717) is 11.6 Å². The van der Waals surface area contributed by atoms with E-state index >= 15 is 0 Å². The van der Waals surface area contributed by atoms with Crippen molar-refractivity contribution in [3.63, 3.8) is 0 Å². The van der Waals surface area contributed by atoms with Gasteiger partial charge in [0.1, 0.15) is 24.8 Å². The third-order valence-corrected chi connectivity index (χ3v) is 8.49. The van der Waals surface area contributed by atoms with Gasteiger partial charge in [-0.05, 0) is 71.6 Å². The first kappa shape index (κ1) is 29.9. The molecular formula is C30H50N6O2. The first-order valence-corrected chi connectivity index (χ1v) is 14.5. The van der Waals surface area contributed by atoms with Crippen LogP contribution in [0.2, 0.25) is 0 Å². The summed E-state index contributed by atoms with van der Waals surface area (Å²) in [5, 5.41) is 26.8. The van der Waals surface area contributed by atoms with Crippen molar-refractivity contribution < 1.29 is 19.3 Å². The highest BCUT2D eigenvalue weighted by Gasteiger charge is 2.40. The lowest BCUT2D eigenvalue weighted by atomic mass is 9.67. The Morgan fingerprint density at radius 2 is 1.21 bits per heavy atom. The highest BCUT2D eigenvalue weighted by atomic mass is 16.3. The van der Waals surface area contributed by atoms with Crippen molar-refractivity contribution in [2.75, 3.05) is 0 Å². The molecule has 0 aliphatic heterocycles. The number of aryl methyl sites for hydroxylation is 4. The molecule has 3 rings (SSSR count). The predicted molar refractivity (Wildman–Crippen MR) is 148 cm³/mol. The molecule has 2 atom stereocenters. The Bertz CT molecular complexity index is 1040. The molecule has 2 aromatic heterocycles. The SMILES string of the molecule is CCCCn1cc[n+](C)c1C([O-])=NC(C)(C)C1CCCC(C(C)(C)N=C([O-])c2n(CCCC)cc[n+]2C)C1. The number of nitrogens with zero attached hydrogens (tertiary/aromatic N) is 6. The van der Waals surface area contributed by atoms with E-state index in [9.17, 15) is 10.2 Å². The van der Waals surface area contributed by atoms with Gasteiger partial charge in [-0.25, -0.2) is 18.3 Å². The van der Waals surface area contributed by atoms with Gasteiger partial charge in [-0.15, -0.1) is 0 Å². The second-order valence-corrected chi connectivity index (χ2v) is 12.3. The summed E-state index contributed by atoms with van der Waals surface area (Å²) in [4.78, 5) is 9.58. The second kappa shape index (κ2) is 12.5. The molecule has 0 N–H and O–H groups in total. The first-order valence-electron chi connectivity index (χ1n) is 14.5. The predicted octanol–water partition coefficient (Wildman–Crippen LogP) is 2.82. The normalized spacial score (nSPS) is 19.8. The van der Waals surface area contributed by atoms with Crippen LogP contribution in [0, 0.1) is 11.8 Å². The van der Waals surface area contributed by atoms with E-state index in [1.54, 1.807) is 0 Å². The van der Waals surface area contributed by atoms with Crippen LogP contribution in [-0.4, -0.2) is 32.0 Å². The summed E-state index contributed by atoms with van der Waals surface area (Å²) in [7, 11) is 3.82. The minimum absolute atomic E-state index is 0.153. The van der Waals surface area contributed by atoms with Gasteiger partial charge in [0.05, 0.1) is 50.1 Å². The van der Waals surface area contributed by atoms with Gasteiger partial charge in [0, 0.05) is 0 Å². The lowest BCUT2D eigenvalue weighted by molar-refractivity contribution is -0.674. The average molecular weight is 527 g/mol. The molecule has 1 fully saturated rings. The van der Waals surface area contributed by atoms with Gasteiger partial charge in [-0.1, -0.05) is 33.1 Å². The van der Waals surface area contributed by atoms with E-state index in [-0.39, 0.29) is 23.6 Å². The summed E-state index contributed by atoms with van der Waals surface area (Å²) in [5.74, 6) is 1.48. The molecule has 0 radical (unpaired) electrons. The highest BCUT2D eigenvalue weighted by Crippen LogP contribution is 2.43. The maximum atomic E-state index is 13.4. The van der Waals surface area contributed by atoms with Gasteiger partial charge in [-0.2, -0.15) is 0 Å². The largest absolute Gasteiger partial charge is 0.853 e. The fraction of sp³-hybridized carbons (Fsp3) is 0.733. The molecule has 2 unspecified atom stereocenters. The van der Waals surface area contributed by atoms with Crippen LogP contribution in [0.1, 0.15) is 105 Å². The summed E-state index contributed by atoms with van der Waals surface area (Å²) >= 11 is 0. The number of hydrogen-bond acceptors (Lipinski definition) is 4. The summed E-state index contributed by atoms with van der Waals surface area (Å²) in [5.41, 5.74) is -0.992. The van der Waals surface area contributed by atoms with Gasteiger partial charge >= 0.3 is 0 Å². The van der Waals surface area contributed by atoms with Crippen LogP contribution in [0.3, 0.4) is 0 Å². The van der Waals surface area contributed by atoms with Crippen molar-refractivity contribution >= 4 is 11.8 Å². The van der Waals surface area contributed by atoms with Crippen LogP contribution >= 0.6 is 0 Å². The minimum atomic E-state index is -0.496. The fourth-order valence-corrected chi connectivity index (χ4v) is 5.89. The van der Waals surface area contributed by atoms with E-state index in [0.717, 1.165) is 64.5 Å². The lowest BCUT2D eigenvalue weighted by Crippen LogP contribution is -2.45. The highest BCUT2D eigenvalue weighted by molar-refractivity contribution is 5.86. The number of aliphatic imine (C=N–C) groups is 2. The third kappa shape index (κ3) is 6.86. The van der Waals surface area contributed by atoms with Gasteiger partial charge < -0.3 is 10.2 Å². The zero-order valence-corrected chi connectivity index (χ0v) is 25.0. The zero-order chi connectivity index (χ0) is 28.1. The van der Waals surface area contributed by atoms with Gasteiger partial charge in [0.2, 0.25) is 0 Å². The Kier molecular flexibility index (Phi) is 9.82. The van der Waals surface area contributed by atoms with Crippen LogP contribution in [-0.2, 0) is 27.2 Å². The number of imidazole rings is 2. The molecular weight excluding hydrogens is 476 g/mol. The molecule has 2 aromatic rings. The van der Waals surface area contributed by atoms with E-state index in [2.05, 4.69) is 41.5 Å². The topological polar surface area (TPSA) is 88.5 Å². The van der Waals surface area contributed by atoms with Crippen LogP contribution in [0.4, 0.5) is 0 Å².